The lowest BCUT2D eigenvalue weighted by atomic mass is 9.97. The summed E-state index contributed by atoms with van der Waals surface area (Å²) in [7, 11) is 0. The Labute approximate surface area is 114 Å². The molecule has 3 heterocycles. The largest absolute Gasteiger partial charge is 0.437 e. The van der Waals surface area contributed by atoms with E-state index in [2.05, 4.69) is 16.7 Å². The maximum Gasteiger partial charge on any atom is 0.196 e. The van der Waals surface area contributed by atoms with E-state index in [1.807, 2.05) is 6.07 Å². The molecule has 3 rings (SSSR count). The molecule has 2 unspecified atom stereocenters. The van der Waals surface area contributed by atoms with Gasteiger partial charge in [0, 0.05) is 38.2 Å². The van der Waals surface area contributed by atoms with Gasteiger partial charge in [-0.3, -0.25) is 9.69 Å². The standard InChI is InChI=1S/C15H22N2O2/c1-11-9-16-8-4-3-5-13(16)10-17(11)15-7-6-14(19-15)12(2)18/h6-7,11,13H,3-5,8-10H2,1-2H3. The molecule has 0 spiro atoms. The van der Waals surface area contributed by atoms with Gasteiger partial charge in [0.2, 0.25) is 0 Å². The zero-order valence-corrected chi connectivity index (χ0v) is 11.8. The fourth-order valence-corrected chi connectivity index (χ4v) is 3.33. The number of hydrogen-bond acceptors (Lipinski definition) is 4. The molecule has 1 aromatic rings. The highest BCUT2D eigenvalue weighted by atomic mass is 16.4. The summed E-state index contributed by atoms with van der Waals surface area (Å²) in [5.74, 6) is 1.31. The normalized spacial score (nSPS) is 28.2. The molecular weight excluding hydrogens is 240 g/mol. The predicted molar refractivity (Wildman–Crippen MR) is 74.7 cm³/mol. The number of fused-ring (bicyclic) bond motifs is 1. The number of rotatable bonds is 2. The Morgan fingerprint density at radius 3 is 2.89 bits per heavy atom. The minimum Gasteiger partial charge on any atom is -0.437 e. The van der Waals surface area contributed by atoms with E-state index >= 15 is 0 Å². The van der Waals surface area contributed by atoms with Crippen LogP contribution in [0.15, 0.2) is 16.5 Å². The predicted octanol–water partition coefficient (Wildman–Crippen LogP) is 2.55. The van der Waals surface area contributed by atoms with E-state index in [0.717, 1.165) is 19.0 Å². The third-order valence-electron chi connectivity index (χ3n) is 4.41. The Bertz CT molecular complexity index is 468. The van der Waals surface area contributed by atoms with Crippen molar-refractivity contribution in [2.75, 3.05) is 24.5 Å². The fraction of sp³-hybridized carbons (Fsp3) is 0.667. The zero-order valence-electron chi connectivity index (χ0n) is 11.8. The van der Waals surface area contributed by atoms with Crippen LogP contribution >= 0.6 is 0 Å². The molecule has 0 aromatic carbocycles. The van der Waals surface area contributed by atoms with Crippen LogP contribution in [0.4, 0.5) is 5.88 Å². The van der Waals surface area contributed by atoms with Crippen LogP contribution < -0.4 is 4.90 Å². The molecule has 19 heavy (non-hydrogen) atoms. The first kappa shape index (κ1) is 12.7. The summed E-state index contributed by atoms with van der Waals surface area (Å²) < 4.78 is 5.69. The monoisotopic (exact) mass is 262 g/mol. The van der Waals surface area contributed by atoms with Crippen molar-refractivity contribution in [3.8, 4) is 0 Å². The highest BCUT2D eigenvalue weighted by molar-refractivity contribution is 5.91. The first-order chi connectivity index (χ1) is 9.15. The smallest absolute Gasteiger partial charge is 0.196 e. The second kappa shape index (κ2) is 5.00. The number of ketones is 1. The van der Waals surface area contributed by atoms with Crippen molar-refractivity contribution in [2.24, 2.45) is 0 Å². The number of Topliss-reactive ketones (excluding diaryl/α,β-unsaturated/α-hetero) is 1. The van der Waals surface area contributed by atoms with Gasteiger partial charge in [-0.15, -0.1) is 0 Å². The van der Waals surface area contributed by atoms with Crippen LogP contribution in [-0.2, 0) is 0 Å². The van der Waals surface area contributed by atoms with Crippen LogP contribution in [0.2, 0.25) is 0 Å². The molecule has 0 radical (unpaired) electrons. The quantitative estimate of drug-likeness (QED) is 0.768. The van der Waals surface area contributed by atoms with Gasteiger partial charge < -0.3 is 9.32 Å². The van der Waals surface area contributed by atoms with Gasteiger partial charge in [0.05, 0.1) is 0 Å². The second-order valence-corrected chi connectivity index (χ2v) is 5.84. The van der Waals surface area contributed by atoms with Crippen molar-refractivity contribution < 1.29 is 9.21 Å². The minimum absolute atomic E-state index is 0.00444. The van der Waals surface area contributed by atoms with E-state index in [0.29, 0.717) is 17.8 Å². The highest BCUT2D eigenvalue weighted by Gasteiger charge is 2.34. The summed E-state index contributed by atoms with van der Waals surface area (Å²) in [5.41, 5.74) is 0. The van der Waals surface area contributed by atoms with Gasteiger partial charge >= 0.3 is 0 Å². The molecule has 2 aliphatic heterocycles. The van der Waals surface area contributed by atoms with Crippen molar-refractivity contribution in [3.05, 3.63) is 17.9 Å². The SMILES string of the molecule is CC(=O)c1ccc(N2CC3CCCCN3CC2C)o1. The molecule has 2 fully saturated rings. The van der Waals surface area contributed by atoms with E-state index in [4.69, 9.17) is 4.42 Å². The Morgan fingerprint density at radius 1 is 1.32 bits per heavy atom. The number of nitrogens with zero attached hydrogens (tertiary/aromatic N) is 2. The Morgan fingerprint density at radius 2 is 2.16 bits per heavy atom. The van der Waals surface area contributed by atoms with Gasteiger partial charge in [0.1, 0.15) is 0 Å². The van der Waals surface area contributed by atoms with Crippen LogP contribution in [0, 0.1) is 0 Å². The number of furan rings is 1. The number of anilines is 1. The van der Waals surface area contributed by atoms with E-state index in [-0.39, 0.29) is 5.78 Å². The highest BCUT2D eigenvalue weighted by Crippen LogP contribution is 2.29. The Hall–Kier alpha value is -1.29. The van der Waals surface area contributed by atoms with Crippen LogP contribution in [0.1, 0.15) is 43.7 Å². The van der Waals surface area contributed by atoms with Gasteiger partial charge in [-0.1, -0.05) is 6.42 Å². The third-order valence-corrected chi connectivity index (χ3v) is 4.41. The van der Waals surface area contributed by atoms with Crippen LogP contribution in [0.3, 0.4) is 0 Å². The van der Waals surface area contributed by atoms with E-state index in [9.17, 15) is 4.79 Å². The summed E-state index contributed by atoms with van der Waals surface area (Å²) >= 11 is 0. The van der Waals surface area contributed by atoms with Gasteiger partial charge in [0.15, 0.2) is 17.4 Å². The Kier molecular flexibility index (Phi) is 3.35. The number of piperazine rings is 1. The molecule has 0 aliphatic carbocycles. The van der Waals surface area contributed by atoms with E-state index in [1.165, 1.54) is 25.8 Å². The first-order valence-electron chi connectivity index (χ1n) is 7.26. The maximum absolute atomic E-state index is 11.3. The van der Waals surface area contributed by atoms with Crippen molar-refractivity contribution in [1.82, 2.24) is 4.90 Å². The minimum atomic E-state index is -0.00444. The van der Waals surface area contributed by atoms with Crippen molar-refractivity contribution in [2.45, 2.75) is 45.2 Å². The van der Waals surface area contributed by atoms with Crippen LogP contribution in [-0.4, -0.2) is 42.4 Å². The summed E-state index contributed by atoms with van der Waals surface area (Å²) in [5, 5.41) is 0. The van der Waals surface area contributed by atoms with Gasteiger partial charge in [-0.2, -0.15) is 0 Å². The van der Waals surface area contributed by atoms with Crippen molar-refractivity contribution in [3.63, 3.8) is 0 Å². The summed E-state index contributed by atoms with van der Waals surface area (Å²) in [4.78, 5) is 16.3. The fourth-order valence-electron chi connectivity index (χ4n) is 3.33. The van der Waals surface area contributed by atoms with Crippen LogP contribution in [0.25, 0.3) is 0 Å². The average Bonchev–Trinajstić information content (AvgIpc) is 2.87. The molecule has 0 bridgehead atoms. The van der Waals surface area contributed by atoms with E-state index < -0.39 is 0 Å². The first-order valence-corrected chi connectivity index (χ1v) is 7.26. The summed E-state index contributed by atoms with van der Waals surface area (Å²) in [6.07, 6.45) is 3.95. The summed E-state index contributed by atoms with van der Waals surface area (Å²) in [6.45, 7) is 7.14. The lowest BCUT2D eigenvalue weighted by Gasteiger charge is -2.47. The van der Waals surface area contributed by atoms with Gasteiger partial charge in [-0.25, -0.2) is 0 Å². The maximum atomic E-state index is 11.3. The molecule has 4 nitrogen and oxygen atoms in total. The molecule has 0 N–H and O–H groups in total. The lowest BCUT2D eigenvalue weighted by Crippen LogP contribution is -2.58. The van der Waals surface area contributed by atoms with Crippen molar-refractivity contribution in [1.29, 1.82) is 0 Å². The summed E-state index contributed by atoms with van der Waals surface area (Å²) in [6, 6.07) is 4.82. The molecule has 0 amide bonds. The number of carbonyl (C=O) groups excluding carboxylic acids is 1. The van der Waals surface area contributed by atoms with Crippen molar-refractivity contribution >= 4 is 11.7 Å². The molecule has 2 atom stereocenters. The number of piperidine rings is 1. The average molecular weight is 262 g/mol. The van der Waals surface area contributed by atoms with Crippen LogP contribution in [0.5, 0.6) is 0 Å². The molecule has 2 saturated heterocycles. The lowest BCUT2D eigenvalue weighted by molar-refractivity contribution is 0.0983. The number of hydrogen-bond donors (Lipinski definition) is 0. The molecular formula is C15H22N2O2. The third kappa shape index (κ3) is 2.41. The molecule has 104 valence electrons. The Balaban J connectivity index is 1.77. The number of carbonyl (C=O) groups is 1. The van der Waals surface area contributed by atoms with Gasteiger partial charge in [-0.05, 0) is 32.4 Å². The molecule has 2 aliphatic rings. The topological polar surface area (TPSA) is 36.7 Å². The molecule has 4 heteroatoms. The molecule has 1 aromatic heterocycles. The van der Waals surface area contributed by atoms with Gasteiger partial charge in [0.25, 0.3) is 0 Å². The second-order valence-electron chi connectivity index (χ2n) is 5.84. The van der Waals surface area contributed by atoms with E-state index in [1.54, 1.807) is 13.0 Å². The zero-order chi connectivity index (χ0) is 13.4. The molecule has 0 saturated carbocycles.